The van der Waals surface area contributed by atoms with Gasteiger partial charge in [-0.05, 0) is 37.0 Å². The van der Waals surface area contributed by atoms with Gasteiger partial charge in [0.05, 0.1) is 7.11 Å². The lowest BCUT2D eigenvalue weighted by Crippen LogP contribution is -2.47. The molecule has 1 aromatic carbocycles. The number of hydrogen-bond donors (Lipinski definition) is 1. The van der Waals surface area contributed by atoms with E-state index in [-0.39, 0.29) is 11.8 Å². The Morgan fingerprint density at radius 2 is 1.79 bits per heavy atom. The number of nitrogens with one attached hydrogen (secondary N) is 1. The van der Waals surface area contributed by atoms with E-state index in [1.807, 2.05) is 31.2 Å². The van der Waals surface area contributed by atoms with Gasteiger partial charge in [-0.15, -0.1) is 0 Å². The molecule has 0 fully saturated rings. The number of benzene rings is 1. The molecule has 1 aromatic rings. The number of methoxy groups -OCH3 is 1. The van der Waals surface area contributed by atoms with Gasteiger partial charge in [-0.2, -0.15) is 0 Å². The number of hydrogen-bond acceptors (Lipinski definition) is 3. The molecule has 1 atom stereocenters. The summed E-state index contributed by atoms with van der Waals surface area (Å²) in [6, 6.07) is 7.05. The number of rotatable bonds is 9. The molecule has 2 amide bonds. The van der Waals surface area contributed by atoms with Crippen molar-refractivity contribution in [2.24, 2.45) is 5.92 Å². The van der Waals surface area contributed by atoms with Crippen molar-refractivity contribution in [1.82, 2.24) is 10.2 Å². The molecule has 1 N–H and O–H groups in total. The SMILES string of the molecule is CCC(=O)N(Cc1ccc(OC)cc1)[C@@H](C)C(=O)NCCC(C)C. The predicted octanol–water partition coefficient (Wildman–Crippen LogP) is 2.98. The van der Waals surface area contributed by atoms with E-state index in [0.29, 0.717) is 25.4 Å². The Morgan fingerprint density at radius 1 is 1.17 bits per heavy atom. The molecule has 0 heterocycles. The minimum atomic E-state index is -0.494. The van der Waals surface area contributed by atoms with Crippen molar-refractivity contribution in [1.29, 1.82) is 0 Å². The Labute approximate surface area is 145 Å². The Hall–Kier alpha value is -2.04. The monoisotopic (exact) mass is 334 g/mol. The highest BCUT2D eigenvalue weighted by Crippen LogP contribution is 2.15. The second-order valence-electron chi connectivity index (χ2n) is 6.37. The van der Waals surface area contributed by atoms with Crippen molar-refractivity contribution in [3.8, 4) is 5.75 Å². The summed E-state index contributed by atoms with van der Waals surface area (Å²) in [5.74, 6) is 1.17. The quantitative estimate of drug-likeness (QED) is 0.755. The largest absolute Gasteiger partial charge is 0.497 e. The van der Waals surface area contributed by atoms with Gasteiger partial charge in [0.2, 0.25) is 11.8 Å². The van der Waals surface area contributed by atoms with Gasteiger partial charge in [0.1, 0.15) is 11.8 Å². The van der Waals surface area contributed by atoms with Gasteiger partial charge in [0.15, 0.2) is 0 Å². The summed E-state index contributed by atoms with van der Waals surface area (Å²) in [4.78, 5) is 26.3. The van der Waals surface area contributed by atoms with Gasteiger partial charge in [-0.25, -0.2) is 0 Å². The number of ether oxygens (including phenoxy) is 1. The van der Waals surface area contributed by atoms with Crippen LogP contribution in [0.4, 0.5) is 0 Å². The molecule has 0 aliphatic heterocycles. The summed E-state index contributed by atoms with van der Waals surface area (Å²) in [7, 11) is 1.62. The number of carbonyl (C=O) groups excluding carboxylic acids is 2. The van der Waals surface area contributed by atoms with Crippen molar-refractivity contribution in [2.45, 2.75) is 53.1 Å². The molecule has 0 aliphatic rings. The van der Waals surface area contributed by atoms with Crippen LogP contribution in [0.5, 0.6) is 5.75 Å². The lowest BCUT2D eigenvalue weighted by molar-refractivity contribution is -0.140. The summed E-state index contributed by atoms with van der Waals surface area (Å²) in [6.45, 7) is 8.87. The normalized spacial score (nSPS) is 11.9. The van der Waals surface area contributed by atoms with Gasteiger partial charge < -0.3 is 15.0 Å². The maximum absolute atomic E-state index is 12.4. The maximum Gasteiger partial charge on any atom is 0.242 e. The molecule has 134 valence electrons. The Balaban J connectivity index is 2.75. The van der Waals surface area contributed by atoms with Gasteiger partial charge in [-0.1, -0.05) is 32.9 Å². The third-order valence-electron chi connectivity index (χ3n) is 4.00. The highest BCUT2D eigenvalue weighted by atomic mass is 16.5. The molecule has 0 saturated heterocycles. The smallest absolute Gasteiger partial charge is 0.242 e. The molecule has 5 nitrogen and oxygen atoms in total. The first-order chi connectivity index (χ1) is 11.4. The van der Waals surface area contributed by atoms with Crippen molar-refractivity contribution in [3.63, 3.8) is 0 Å². The predicted molar refractivity (Wildman–Crippen MR) is 95.8 cm³/mol. The standard InChI is InChI=1S/C19H30N2O3/c1-6-18(22)21(13-16-7-9-17(24-5)10-8-16)15(4)19(23)20-12-11-14(2)3/h7-10,14-15H,6,11-13H2,1-5H3,(H,20,23)/t15-/m0/s1. The molecule has 0 spiro atoms. The Bertz CT molecular complexity index is 526. The zero-order chi connectivity index (χ0) is 18.1. The Kier molecular flexibility index (Phi) is 8.30. The fraction of sp³-hybridized carbons (Fsp3) is 0.579. The van der Waals surface area contributed by atoms with Crippen LogP contribution in [0.2, 0.25) is 0 Å². The fourth-order valence-corrected chi connectivity index (χ4v) is 2.35. The first-order valence-electron chi connectivity index (χ1n) is 8.59. The van der Waals surface area contributed by atoms with Crippen LogP contribution in [0.25, 0.3) is 0 Å². The van der Waals surface area contributed by atoms with E-state index >= 15 is 0 Å². The topological polar surface area (TPSA) is 58.6 Å². The first-order valence-corrected chi connectivity index (χ1v) is 8.59. The fourth-order valence-electron chi connectivity index (χ4n) is 2.35. The second kappa shape index (κ2) is 9.96. The summed E-state index contributed by atoms with van der Waals surface area (Å²) in [5.41, 5.74) is 0.972. The van der Waals surface area contributed by atoms with Crippen LogP contribution in [0.1, 0.15) is 46.1 Å². The van der Waals surface area contributed by atoms with Crippen LogP contribution < -0.4 is 10.1 Å². The average molecular weight is 334 g/mol. The van der Waals surface area contributed by atoms with Gasteiger partial charge >= 0.3 is 0 Å². The van der Waals surface area contributed by atoms with Gasteiger partial charge in [0.25, 0.3) is 0 Å². The van der Waals surface area contributed by atoms with Crippen molar-refractivity contribution >= 4 is 11.8 Å². The van der Waals surface area contributed by atoms with E-state index < -0.39 is 6.04 Å². The number of amides is 2. The van der Waals surface area contributed by atoms with E-state index in [9.17, 15) is 9.59 Å². The molecule has 1 rings (SSSR count). The molecule has 24 heavy (non-hydrogen) atoms. The highest BCUT2D eigenvalue weighted by molar-refractivity contribution is 5.87. The zero-order valence-corrected chi connectivity index (χ0v) is 15.5. The summed E-state index contributed by atoms with van der Waals surface area (Å²) >= 11 is 0. The van der Waals surface area contributed by atoms with E-state index in [1.165, 1.54) is 0 Å². The van der Waals surface area contributed by atoms with E-state index in [0.717, 1.165) is 17.7 Å². The minimum absolute atomic E-state index is 0.0303. The Morgan fingerprint density at radius 3 is 2.29 bits per heavy atom. The lowest BCUT2D eigenvalue weighted by atomic mass is 10.1. The van der Waals surface area contributed by atoms with Crippen molar-refractivity contribution in [2.75, 3.05) is 13.7 Å². The molecule has 0 bridgehead atoms. The van der Waals surface area contributed by atoms with Gasteiger partial charge in [0, 0.05) is 19.5 Å². The van der Waals surface area contributed by atoms with Crippen LogP contribution in [-0.2, 0) is 16.1 Å². The van der Waals surface area contributed by atoms with Crippen LogP contribution in [0, 0.1) is 5.92 Å². The highest BCUT2D eigenvalue weighted by Gasteiger charge is 2.24. The maximum atomic E-state index is 12.4. The van der Waals surface area contributed by atoms with E-state index in [4.69, 9.17) is 4.74 Å². The van der Waals surface area contributed by atoms with Crippen LogP contribution in [0.15, 0.2) is 24.3 Å². The molecular formula is C19H30N2O3. The molecular weight excluding hydrogens is 304 g/mol. The number of carbonyl (C=O) groups is 2. The lowest BCUT2D eigenvalue weighted by Gasteiger charge is -2.28. The van der Waals surface area contributed by atoms with Crippen LogP contribution in [-0.4, -0.2) is 36.4 Å². The van der Waals surface area contributed by atoms with Crippen molar-refractivity contribution in [3.05, 3.63) is 29.8 Å². The third kappa shape index (κ3) is 6.22. The molecule has 5 heteroatoms. The number of nitrogens with zero attached hydrogens (tertiary/aromatic N) is 1. The average Bonchev–Trinajstić information content (AvgIpc) is 2.58. The minimum Gasteiger partial charge on any atom is -0.497 e. The van der Waals surface area contributed by atoms with Crippen LogP contribution >= 0.6 is 0 Å². The van der Waals surface area contributed by atoms with Gasteiger partial charge in [-0.3, -0.25) is 9.59 Å². The van der Waals surface area contributed by atoms with E-state index in [1.54, 1.807) is 18.9 Å². The second-order valence-corrected chi connectivity index (χ2v) is 6.37. The summed E-state index contributed by atoms with van der Waals surface area (Å²) in [5, 5.41) is 2.92. The molecule has 0 saturated carbocycles. The molecule has 0 unspecified atom stereocenters. The zero-order valence-electron chi connectivity index (χ0n) is 15.5. The molecule has 0 radical (unpaired) electrons. The first kappa shape index (κ1) is 20.0. The third-order valence-corrected chi connectivity index (χ3v) is 4.00. The molecule has 0 aliphatic carbocycles. The van der Waals surface area contributed by atoms with E-state index in [2.05, 4.69) is 19.2 Å². The molecule has 0 aromatic heterocycles. The van der Waals surface area contributed by atoms with Crippen LogP contribution in [0.3, 0.4) is 0 Å². The summed E-state index contributed by atoms with van der Waals surface area (Å²) < 4.78 is 5.15. The summed E-state index contributed by atoms with van der Waals surface area (Å²) in [6.07, 6.45) is 1.30. The van der Waals surface area contributed by atoms with Crippen molar-refractivity contribution < 1.29 is 14.3 Å².